The normalized spacial score (nSPS) is 13.2. The quantitative estimate of drug-likeness (QED) is 0.882. The van der Waals surface area contributed by atoms with Gasteiger partial charge in [-0.15, -0.1) is 0 Å². The van der Waals surface area contributed by atoms with Crippen LogP contribution >= 0.6 is 0 Å². The number of hydrogen-bond acceptors (Lipinski definition) is 3. The van der Waals surface area contributed by atoms with E-state index in [0.717, 1.165) is 12.1 Å². The van der Waals surface area contributed by atoms with Gasteiger partial charge in [0.1, 0.15) is 16.9 Å². The highest BCUT2D eigenvalue weighted by molar-refractivity contribution is 7.91. The van der Waals surface area contributed by atoms with Gasteiger partial charge in [0.05, 0.1) is 4.90 Å². The molecule has 0 bridgehead atoms. The van der Waals surface area contributed by atoms with Crippen LogP contribution in [0, 0.1) is 11.6 Å². The number of rotatable bonds is 4. The Morgan fingerprint density at radius 3 is 1.80 bits per heavy atom. The van der Waals surface area contributed by atoms with Crippen molar-refractivity contribution in [2.45, 2.75) is 10.1 Å². The molecule has 0 saturated carbocycles. The van der Waals surface area contributed by atoms with Gasteiger partial charge in [0.15, 0.2) is 9.84 Å². The molecule has 2 aromatic carbocycles. The van der Waals surface area contributed by atoms with Crippen LogP contribution in [0.1, 0.15) is 10.8 Å². The van der Waals surface area contributed by atoms with E-state index in [-0.39, 0.29) is 11.4 Å². The predicted octanol–water partition coefficient (Wildman–Crippen LogP) is 2.44. The van der Waals surface area contributed by atoms with Gasteiger partial charge in [0.2, 0.25) is 0 Å². The highest BCUT2D eigenvalue weighted by Gasteiger charge is 2.27. The monoisotopic (exact) mass is 297 g/mol. The summed E-state index contributed by atoms with van der Waals surface area (Å²) >= 11 is 0. The van der Waals surface area contributed by atoms with E-state index in [1.807, 2.05) is 0 Å². The first-order valence-electron chi connectivity index (χ1n) is 5.90. The molecule has 106 valence electrons. The minimum atomic E-state index is -3.75. The van der Waals surface area contributed by atoms with Crippen molar-refractivity contribution in [3.8, 4) is 0 Å². The summed E-state index contributed by atoms with van der Waals surface area (Å²) < 4.78 is 50.7. The number of halogens is 2. The first kappa shape index (κ1) is 14.6. The van der Waals surface area contributed by atoms with Crippen molar-refractivity contribution >= 4 is 9.84 Å². The molecule has 20 heavy (non-hydrogen) atoms. The van der Waals surface area contributed by atoms with Crippen LogP contribution in [0.4, 0.5) is 8.78 Å². The summed E-state index contributed by atoms with van der Waals surface area (Å²) in [7, 11) is -3.75. The second kappa shape index (κ2) is 5.68. The Balaban J connectivity index is 2.44. The lowest BCUT2D eigenvalue weighted by molar-refractivity contribution is 0.580. The third-order valence-electron chi connectivity index (χ3n) is 2.97. The smallest absolute Gasteiger partial charge is 0.186 e. The molecule has 0 spiro atoms. The molecular weight excluding hydrogens is 284 g/mol. The molecule has 0 unspecified atom stereocenters. The molecule has 6 heteroatoms. The zero-order valence-electron chi connectivity index (χ0n) is 10.5. The molecule has 0 amide bonds. The molecule has 2 aromatic rings. The summed E-state index contributed by atoms with van der Waals surface area (Å²) in [4.78, 5) is -0.0151. The van der Waals surface area contributed by atoms with Gasteiger partial charge in [-0.3, -0.25) is 0 Å². The Kier molecular flexibility index (Phi) is 4.15. The lowest BCUT2D eigenvalue weighted by Crippen LogP contribution is -2.22. The molecule has 0 radical (unpaired) electrons. The van der Waals surface area contributed by atoms with Crippen LogP contribution in [0.15, 0.2) is 53.4 Å². The van der Waals surface area contributed by atoms with Gasteiger partial charge in [-0.25, -0.2) is 17.2 Å². The molecule has 0 heterocycles. The van der Waals surface area contributed by atoms with Gasteiger partial charge in [-0.2, -0.15) is 0 Å². The van der Waals surface area contributed by atoms with E-state index in [0.29, 0.717) is 5.56 Å². The third-order valence-corrected chi connectivity index (χ3v) is 5.12. The number of benzene rings is 2. The summed E-state index contributed by atoms with van der Waals surface area (Å²) in [6.07, 6.45) is 0. The Labute approximate surface area is 116 Å². The average molecular weight is 297 g/mol. The van der Waals surface area contributed by atoms with Gasteiger partial charge >= 0.3 is 0 Å². The van der Waals surface area contributed by atoms with Crippen LogP contribution in [-0.2, 0) is 9.84 Å². The van der Waals surface area contributed by atoms with E-state index >= 15 is 0 Å². The number of nitrogens with two attached hydrogens (primary N) is 1. The van der Waals surface area contributed by atoms with E-state index in [1.54, 1.807) is 0 Å². The lowest BCUT2D eigenvalue weighted by Gasteiger charge is -2.16. The standard InChI is InChI=1S/C14H13F2NO2S/c15-11-3-1-10(2-4-11)14(9-17)20(18,19)13-7-5-12(16)6-8-13/h1-8,14H,9,17H2/t14-/m0/s1. The summed E-state index contributed by atoms with van der Waals surface area (Å²) in [5.41, 5.74) is 5.95. The zero-order chi connectivity index (χ0) is 14.8. The van der Waals surface area contributed by atoms with Crippen molar-refractivity contribution in [3.05, 3.63) is 65.7 Å². The van der Waals surface area contributed by atoms with E-state index in [9.17, 15) is 17.2 Å². The third kappa shape index (κ3) is 2.86. The second-order valence-electron chi connectivity index (χ2n) is 4.27. The first-order valence-corrected chi connectivity index (χ1v) is 7.45. The molecule has 2 rings (SSSR count). The van der Waals surface area contributed by atoms with Crippen molar-refractivity contribution in [2.24, 2.45) is 5.73 Å². The Hall–Kier alpha value is -1.79. The molecule has 3 nitrogen and oxygen atoms in total. The molecule has 0 aliphatic rings. The van der Waals surface area contributed by atoms with E-state index in [4.69, 9.17) is 5.73 Å². The summed E-state index contributed by atoms with van der Waals surface area (Å²) in [6, 6.07) is 9.65. The van der Waals surface area contributed by atoms with Gasteiger partial charge in [0, 0.05) is 6.54 Å². The van der Waals surface area contributed by atoms with Crippen molar-refractivity contribution in [2.75, 3.05) is 6.54 Å². The Morgan fingerprint density at radius 2 is 1.35 bits per heavy atom. The van der Waals surface area contributed by atoms with Gasteiger partial charge < -0.3 is 5.73 Å². The van der Waals surface area contributed by atoms with Crippen LogP contribution in [-0.4, -0.2) is 15.0 Å². The minimum Gasteiger partial charge on any atom is -0.329 e. The van der Waals surface area contributed by atoms with E-state index in [2.05, 4.69) is 0 Å². The molecule has 0 aliphatic carbocycles. The van der Waals surface area contributed by atoms with Gasteiger partial charge in [-0.05, 0) is 42.0 Å². The molecule has 0 fully saturated rings. The SMILES string of the molecule is NC[C@@H](c1ccc(F)cc1)S(=O)(=O)c1ccc(F)cc1. The van der Waals surface area contributed by atoms with E-state index < -0.39 is 26.7 Å². The topological polar surface area (TPSA) is 60.2 Å². The summed E-state index contributed by atoms with van der Waals surface area (Å²) in [5, 5.41) is -0.992. The average Bonchev–Trinajstić information content (AvgIpc) is 2.42. The highest BCUT2D eigenvalue weighted by atomic mass is 32.2. The van der Waals surface area contributed by atoms with Gasteiger partial charge in [0.25, 0.3) is 0 Å². The largest absolute Gasteiger partial charge is 0.329 e. The van der Waals surface area contributed by atoms with Crippen molar-refractivity contribution < 1.29 is 17.2 Å². The van der Waals surface area contributed by atoms with Crippen LogP contribution in [0.2, 0.25) is 0 Å². The predicted molar refractivity (Wildman–Crippen MR) is 71.8 cm³/mol. The summed E-state index contributed by atoms with van der Waals surface area (Å²) in [6.45, 7) is -0.147. The fourth-order valence-electron chi connectivity index (χ4n) is 1.91. The fraction of sp³-hybridized carbons (Fsp3) is 0.143. The van der Waals surface area contributed by atoms with Crippen LogP contribution in [0.5, 0.6) is 0 Å². The molecule has 0 aliphatic heterocycles. The van der Waals surface area contributed by atoms with E-state index in [1.165, 1.54) is 36.4 Å². The second-order valence-corrected chi connectivity index (χ2v) is 6.41. The fourth-order valence-corrected chi connectivity index (χ4v) is 3.52. The van der Waals surface area contributed by atoms with Crippen LogP contribution in [0.25, 0.3) is 0 Å². The molecule has 2 N–H and O–H groups in total. The van der Waals surface area contributed by atoms with Crippen LogP contribution in [0.3, 0.4) is 0 Å². The molecule has 0 aromatic heterocycles. The maximum atomic E-state index is 12.9. The zero-order valence-corrected chi connectivity index (χ0v) is 11.3. The molecule has 1 atom stereocenters. The lowest BCUT2D eigenvalue weighted by atomic mass is 10.1. The number of sulfone groups is 1. The Morgan fingerprint density at radius 1 is 0.900 bits per heavy atom. The van der Waals surface area contributed by atoms with Crippen molar-refractivity contribution in [3.63, 3.8) is 0 Å². The molecular formula is C14H13F2NO2S. The molecule has 0 saturated heterocycles. The van der Waals surface area contributed by atoms with Crippen molar-refractivity contribution in [1.29, 1.82) is 0 Å². The maximum absolute atomic E-state index is 12.9. The van der Waals surface area contributed by atoms with Gasteiger partial charge in [-0.1, -0.05) is 12.1 Å². The first-order chi connectivity index (χ1) is 9.45. The number of hydrogen-bond donors (Lipinski definition) is 1. The maximum Gasteiger partial charge on any atom is 0.186 e. The van der Waals surface area contributed by atoms with Crippen molar-refractivity contribution in [1.82, 2.24) is 0 Å². The Bertz CT molecular complexity index is 682. The van der Waals surface area contributed by atoms with Crippen LogP contribution < -0.4 is 5.73 Å². The minimum absolute atomic E-state index is 0.0151. The highest BCUT2D eigenvalue weighted by Crippen LogP contribution is 2.28. The summed E-state index contributed by atoms with van der Waals surface area (Å²) in [5.74, 6) is -0.973.